The number of halogens is 1. The van der Waals surface area contributed by atoms with Gasteiger partial charge in [-0.05, 0) is 83.6 Å². The van der Waals surface area contributed by atoms with E-state index in [9.17, 15) is 0 Å². The highest BCUT2D eigenvalue weighted by atomic mass is 79.9. The second kappa shape index (κ2) is 7.42. The molecule has 3 aromatic heterocycles. The van der Waals surface area contributed by atoms with Gasteiger partial charge in [-0.15, -0.1) is 0 Å². The molecule has 4 atom stereocenters. The van der Waals surface area contributed by atoms with Crippen molar-refractivity contribution in [3.63, 3.8) is 0 Å². The average Bonchev–Trinajstić information content (AvgIpc) is 3.44. The molecule has 1 saturated carbocycles. The zero-order chi connectivity index (χ0) is 22.0. The first-order valence-electron chi connectivity index (χ1n) is 11.1. The van der Waals surface area contributed by atoms with Crippen LogP contribution in [0.15, 0.2) is 41.3 Å². The normalized spacial score (nSPS) is 25.1. The maximum atomic E-state index is 6.66. The van der Waals surface area contributed by atoms with E-state index in [1.165, 1.54) is 24.7 Å². The lowest BCUT2D eigenvalue weighted by Gasteiger charge is -2.21. The van der Waals surface area contributed by atoms with Crippen LogP contribution in [0.25, 0.3) is 21.9 Å². The Morgan fingerprint density at radius 2 is 2.03 bits per heavy atom. The number of rotatable bonds is 3. The Labute approximate surface area is 194 Å². The summed E-state index contributed by atoms with van der Waals surface area (Å²) in [6.45, 7) is 2.05. The molecule has 1 aromatic carbocycles. The first-order valence-corrected chi connectivity index (χ1v) is 11.8. The lowest BCUT2D eigenvalue weighted by atomic mass is 9.93. The molecule has 1 aliphatic carbocycles. The molecule has 2 aliphatic rings. The van der Waals surface area contributed by atoms with Crippen LogP contribution in [-0.4, -0.2) is 25.6 Å². The molecule has 2 fully saturated rings. The number of benzene rings is 1. The zero-order valence-corrected chi connectivity index (χ0v) is 19.4. The molecule has 4 aromatic rings. The molecule has 0 amide bonds. The Hall–Kier alpha value is -2.71. The van der Waals surface area contributed by atoms with E-state index < -0.39 is 0 Å². The van der Waals surface area contributed by atoms with Gasteiger partial charge in [0.1, 0.15) is 29.8 Å². The summed E-state index contributed by atoms with van der Waals surface area (Å²) in [5.74, 6) is 2.13. The third kappa shape index (κ3) is 3.16. The van der Waals surface area contributed by atoms with Crippen molar-refractivity contribution in [3.05, 3.63) is 52.4 Å². The highest BCUT2D eigenvalue weighted by Gasteiger charge is 2.45. The van der Waals surface area contributed by atoms with E-state index in [4.69, 9.17) is 16.2 Å². The summed E-state index contributed by atoms with van der Waals surface area (Å²) in [6.07, 6.45) is 8.28. The van der Waals surface area contributed by atoms with Crippen molar-refractivity contribution in [2.75, 3.05) is 11.5 Å². The van der Waals surface area contributed by atoms with Gasteiger partial charge in [0.25, 0.3) is 0 Å². The van der Waals surface area contributed by atoms with E-state index in [0.717, 1.165) is 44.8 Å². The lowest BCUT2D eigenvalue weighted by Crippen LogP contribution is -2.21. The van der Waals surface area contributed by atoms with E-state index in [0.29, 0.717) is 23.5 Å². The maximum Gasteiger partial charge on any atom is 0.147 e. The van der Waals surface area contributed by atoms with Crippen LogP contribution in [0.1, 0.15) is 36.6 Å². The number of ether oxygens (including phenoxy) is 1. The van der Waals surface area contributed by atoms with Crippen LogP contribution in [0, 0.1) is 18.8 Å². The van der Waals surface area contributed by atoms with Crippen LogP contribution >= 0.6 is 15.9 Å². The molecular weight excluding hydrogens is 468 g/mol. The van der Waals surface area contributed by atoms with E-state index >= 15 is 0 Å². The van der Waals surface area contributed by atoms with Crippen molar-refractivity contribution < 1.29 is 4.74 Å². The number of nitrogens with zero attached hydrogens (tertiary/aromatic N) is 4. The summed E-state index contributed by atoms with van der Waals surface area (Å²) < 4.78 is 9.65. The number of hydrogen-bond donors (Lipinski definition) is 2. The fourth-order valence-electron chi connectivity index (χ4n) is 5.66. The van der Waals surface area contributed by atoms with Crippen LogP contribution in [0.5, 0.6) is 0 Å². The summed E-state index contributed by atoms with van der Waals surface area (Å²) in [5.41, 5.74) is 16.3. The molecule has 6 rings (SSSR count). The Morgan fingerprint density at radius 1 is 1.16 bits per heavy atom. The van der Waals surface area contributed by atoms with Crippen molar-refractivity contribution in [1.29, 1.82) is 0 Å². The van der Waals surface area contributed by atoms with E-state index in [2.05, 4.69) is 66.8 Å². The van der Waals surface area contributed by atoms with Crippen LogP contribution in [0.4, 0.5) is 11.6 Å². The van der Waals surface area contributed by atoms with Gasteiger partial charge in [0.2, 0.25) is 0 Å². The Bertz CT molecular complexity index is 1350. The van der Waals surface area contributed by atoms with E-state index in [1.807, 2.05) is 6.07 Å². The Balaban J connectivity index is 1.24. The molecule has 4 unspecified atom stereocenters. The van der Waals surface area contributed by atoms with Crippen molar-refractivity contribution in [2.45, 2.75) is 44.9 Å². The van der Waals surface area contributed by atoms with Gasteiger partial charge in [-0.3, -0.25) is 0 Å². The van der Waals surface area contributed by atoms with Crippen molar-refractivity contribution in [2.24, 2.45) is 11.8 Å². The minimum absolute atomic E-state index is 0.00582. The molecule has 1 saturated heterocycles. The molecule has 32 heavy (non-hydrogen) atoms. The monoisotopic (exact) mass is 492 g/mol. The van der Waals surface area contributed by atoms with Crippen LogP contribution < -0.4 is 11.5 Å². The minimum Gasteiger partial charge on any atom is -0.383 e. The van der Waals surface area contributed by atoms with Gasteiger partial charge >= 0.3 is 0 Å². The predicted octanol–water partition coefficient (Wildman–Crippen LogP) is 4.77. The molecule has 1 aliphatic heterocycles. The number of aromatic nitrogens is 4. The number of fused-ring (bicyclic) bond motifs is 3. The number of aryl methyl sites for hydroxylation is 1. The van der Waals surface area contributed by atoms with Gasteiger partial charge in [-0.25, -0.2) is 15.0 Å². The number of nitrogens with two attached hydrogens (primary N) is 2. The summed E-state index contributed by atoms with van der Waals surface area (Å²) in [7, 11) is 0. The third-order valence-corrected chi connectivity index (χ3v) is 7.79. The van der Waals surface area contributed by atoms with Gasteiger partial charge in [-0.2, -0.15) is 0 Å². The maximum absolute atomic E-state index is 6.66. The third-order valence-electron chi connectivity index (χ3n) is 7.16. The summed E-state index contributed by atoms with van der Waals surface area (Å²) in [6, 6.07) is 8.53. The standard InChI is InChI=1S/C24H25BrN6O/c1-12-10-31(24-20(12)23(27)28-11-29-24)19-9-16-5-4-15(21(16)32-19)6-13-2-3-14-8-17(25)22(26)30-18(14)7-13/h2-3,7-8,10-11,15-16,19,21H,4-6,9H2,1H3,(H2,26,30)(H2,27,28,29). The molecule has 7 nitrogen and oxygen atoms in total. The number of pyridine rings is 1. The average molecular weight is 493 g/mol. The second-order valence-corrected chi connectivity index (χ2v) is 10.0. The summed E-state index contributed by atoms with van der Waals surface area (Å²) in [5, 5.41) is 2.02. The van der Waals surface area contributed by atoms with Crippen molar-refractivity contribution in [1.82, 2.24) is 19.5 Å². The summed E-state index contributed by atoms with van der Waals surface area (Å²) in [4.78, 5) is 13.2. The first-order chi connectivity index (χ1) is 15.5. The van der Waals surface area contributed by atoms with Gasteiger partial charge < -0.3 is 20.8 Å². The molecule has 4 heterocycles. The largest absolute Gasteiger partial charge is 0.383 e. The highest BCUT2D eigenvalue weighted by molar-refractivity contribution is 9.10. The topological polar surface area (TPSA) is 105 Å². The molecule has 164 valence electrons. The second-order valence-electron chi connectivity index (χ2n) is 9.15. The fraction of sp³-hybridized carbons (Fsp3) is 0.375. The molecule has 4 N–H and O–H groups in total. The van der Waals surface area contributed by atoms with Gasteiger partial charge in [0.15, 0.2) is 0 Å². The Morgan fingerprint density at radius 3 is 2.91 bits per heavy atom. The molecule has 0 radical (unpaired) electrons. The van der Waals surface area contributed by atoms with Gasteiger partial charge in [0.05, 0.1) is 21.5 Å². The molecule has 8 heteroatoms. The van der Waals surface area contributed by atoms with E-state index in [1.54, 1.807) is 0 Å². The highest BCUT2D eigenvalue weighted by Crippen LogP contribution is 2.48. The predicted molar refractivity (Wildman–Crippen MR) is 129 cm³/mol. The van der Waals surface area contributed by atoms with Crippen molar-refractivity contribution in [3.8, 4) is 0 Å². The molecular formula is C24H25BrN6O. The summed E-state index contributed by atoms with van der Waals surface area (Å²) >= 11 is 3.46. The van der Waals surface area contributed by atoms with Crippen LogP contribution in [0.3, 0.4) is 0 Å². The number of anilines is 2. The van der Waals surface area contributed by atoms with Crippen LogP contribution in [-0.2, 0) is 11.2 Å². The van der Waals surface area contributed by atoms with Gasteiger partial charge in [-0.1, -0.05) is 12.1 Å². The zero-order valence-electron chi connectivity index (χ0n) is 17.8. The van der Waals surface area contributed by atoms with Crippen molar-refractivity contribution >= 4 is 49.5 Å². The van der Waals surface area contributed by atoms with Crippen LogP contribution in [0.2, 0.25) is 0 Å². The first kappa shape index (κ1) is 19.9. The van der Waals surface area contributed by atoms with Gasteiger partial charge in [0, 0.05) is 11.6 Å². The smallest absolute Gasteiger partial charge is 0.147 e. The Kier molecular flexibility index (Phi) is 4.62. The molecule has 0 spiro atoms. The quantitative estimate of drug-likeness (QED) is 0.426. The SMILES string of the molecule is Cc1cn(C2CC3CCC(Cc4ccc5cc(Br)c(N)nc5c4)C3O2)c2ncnc(N)c12. The number of hydrogen-bond acceptors (Lipinski definition) is 6. The lowest BCUT2D eigenvalue weighted by molar-refractivity contribution is -0.0207. The van der Waals surface area contributed by atoms with E-state index in [-0.39, 0.29) is 12.3 Å². The fourth-order valence-corrected chi connectivity index (χ4v) is 5.99. The molecule has 0 bridgehead atoms. The minimum atomic E-state index is -0.00582. The number of nitrogen functional groups attached to an aromatic ring is 2.